The summed E-state index contributed by atoms with van der Waals surface area (Å²) in [5, 5.41) is 3.04. The number of carbonyl (C=O) groups is 1. The van der Waals surface area contributed by atoms with Crippen LogP contribution in [-0.4, -0.2) is 19.6 Å². The Kier molecular flexibility index (Phi) is 5.68. The summed E-state index contributed by atoms with van der Waals surface area (Å²) in [6.45, 7) is 3.27. The summed E-state index contributed by atoms with van der Waals surface area (Å²) in [6, 6.07) is 16.2. The molecule has 0 saturated carbocycles. The normalized spacial score (nSPS) is 19.6. The smallest absolute Gasteiger partial charge is 0.226 e. The van der Waals surface area contributed by atoms with Crippen molar-refractivity contribution in [3.8, 4) is 5.75 Å². The molecule has 2 aromatic carbocycles. The number of hydrogen-bond donors (Lipinski definition) is 3. The first-order valence-electron chi connectivity index (χ1n) is 8.69. The van der Waals surface area contributed by atoms with Crippen LogP contribution in [0.25, 0.3) is 0 Å². The van der Waals surface area contributed by atoms with Crippen LogP contribution in [0.1, 0.15) is 29.7 Å². The molecule has 3 rings (SSSR count). The van der Waals surface area contributed by atoms with Crippen LogP contribution in [-0.2, 0) is 17.8 Å². The summed E-state index contributed by atoms with van der Waals surface area (Å²) >= 11 is 0. The van der Waals surface area contributed by atoms with E-state index in [-0.39, 0.29) is 17.9 Å². The van der Waals surface area contributed by atoms with Gasteiger partial charge in [0.25, 0.3) is 0 Å². The molecule has 1 fully saturated rings. The van der Waals surface area contributed by atoms with Gasteiger partial charge in [0.15, 0.2) is 0 Å². The average molecular weight is 339 g/mol. The van der Waals surface area contributed by atoms with Crippen LogP contribution >= 0.6 is 0 Å². The molecular formula is C20H25N3O2. The number of nitrogens with one attached hydrogen (secondary N) is 3. The van der Waals surface area contributed by atoms with Crippen molar-refractivity contribution in [2.45, 2.75) is 25.9 Å². The molecule has 25 heavy (non-hydrogen) atoms. The van der Waals surface area contributed by atoms with Crippen LogP contribution in [0.2, 0.25) is 0 Å². The fourth-order valence-corrected chi connectivity index (χ4v) is 3.08. The highest BCUT2D eigenvalue weighted by atomic mass is 16.5. The van der Waals surface area contributed by atoms with Gasteiger partial charge in [0.05, 0.1) is 19.1 Å². The van der Waals surface area contributed by atoms with E-state index in [1.165, 1.54) is 5.56 Å². The lowest BCUT2D eigenvalue weighted by Gasteiger charge is -2.19. The fourth-order valence-electron chi connectivity index (χ4n) is 3.08. The minimum Gasteiger partial charge on any atom is -0.497 e. The summed E-state index contributed by atoms with van der Waals surface area (Å²) in [4.78, 5) is 12.6. The predicted octanol–water partition coefficient (Wildman–Crippen LogP) is 2.34. The molecule has 0 aromatic heterocycles. The second-order valence-electron chi connectivity index (χ2n) is 6.27. The summed E-state index contributed by atoms with van der Waals surface area (Å²) in [5.74, 6) is 0.735. The number of hydrogen-bond acceptors (Lipinski definition) is 4. The predicted molar refractivity (Wildman–Crippen MR) is 98.0 cm³/mol. The Morgan fingerprint density at radius 1 is 1.12 bits per heavy atom. The maximum absolute atomic E-state index is 12.6. The topological polar surface area (TPSA) is 62.4 Å². The first-order valence-corrected chi connectivity index (χ1v) is 8.69. The highest BCUT2D eigenvalue weighted by Crippen LogP contribution is 2.25. The molecule has 2 unspecified atom stereocenters. The molecule has 2 atom stereocenters. The molecule has 0 radical (unpaired) electrons. The standard InChI is InChI=1S/C20H25N3O2/c1-3-14-4-8-16(9-5-14)19-18(13-22-23-19)20(24)21-12-15-6-10-17(25-2)11-7-15/h4-11,18-19,22-23H,3,12-13H2,1-2H3,(H,21,24). The van der Waals surface area contributed by atoms with Crippen LogP contribution in [0, 0.1) is 5.92 Å². The number of benzene rings is 2. The van der Waals surface area contributed by atoms with Crippen LogP contribution in [0.4, 0.5) is 0 Å². The van der Waals surface area contributed by atoms with Gasteiger partial charge in [-0.05, 0) is 35.2 Å². The van der Waals surface area contributed by atoms with Gasteiger partial charge in [-0.1, -0.05) is 43.3 Å². The van der Waals surface area contributed by atoms with Gasteiger partial charge in [0, 0.05) is 13.1 Å². The number of carbonyl (C=O) groups excluding carboxylic acids is 1. The van der Waals surface area contributed by atoms with Crippen LogP contribution in [0.15, 0.2) is 48.5 Å². The molecule has 5 nitrogen and oxygen atoms in total. The van der Waals surface area contributed by atoms with E-state index in [9.17, 15) is 4.79 Å². The Hall–Kier alpha value is -2.37. The zero-order valence-corrected chi connectivity index (χ0v) is 14.7. The summed E-state index contributed by atoms with van der Waals surface area (Å²) in [5.41, 5.74) is 9.83. The van der Waals surface area contributed by atoms with Gasteiger partial charge in [-0.25, -0.2) is 5.43 Å². The van der Waals surface area contributed by atoms with Gasteiger partial charge in [-0.3, -0.25) is 10.2 Å². The first-order chi connectivity index (χ1) is 12.2. The van der Waals surface area contributed by atoms with Crippen LogP contribution < -0.4 is 20.9 Å². The molecule has 1 aliphatic rings. The van der Waals surface area contributed by atoms with Crippen molar-refractivity contribution in [3.05, 3.63) is 65.2 Å². The molecule has 1 aliphatic heterocycles. The Bertz CT molecular complexity index is 698. The van der Waals surface area contributed by atoms with Crippen molar-refractivity contribution in [1.29, 1.82) is 0 Å². The number of methoxy groups -OCH3 is 1. The lowest BCUT2D eigenvalue weighted by atomic mass is 9.93. The van der Waals surface area contributed by atoms with Crippen LogP contribution in [0.3, 0.4) is 0 Å². The number of aryl methyl sites for hydroxylation is 1. The van der Waals surface area contributed by atoms with E-state index in [1.807, 2.05) is 24.3 Å². The third kappa shape index (κ3) is 4.18. The molecule has 1 amide bonds. The molecule has 0 aliphatic carbocycles. The molecule has 132 valence electrons. The van der Waals surface area contributed by atoms with Crippen molar-refractivity contribution in [1.82, 2.24) is 16.2 Å². The van der Waals surface area contributed by atoms with Gasteiger partial charge in [-0.15, -0.1) is 0 Å². The van der Waals surface area contributed by atoms with E-state index in [0.29, 0.717) is 13.1 Å². The van der Waals surface area contributed by atoms with E-state index in [1.54, 1.807) is 7.11 Å². The van der Waals surface area contributed by atoms with Crippen LogP contribution in [0.5, 0.6) is 5.75 Å². The van der Waals surface area contributed by atoms with E-state index >= 15 is 0 Å². The molecule has 2 aromatic rings. The third-order valence-corrected chi connectivity index (χ3v) is 4.69. The monoisotopic (exact) mass is 339 g/mol. The second kappa shape index (κ2) is 8.14. The summed E-state index contributed by atoms with van der Waals surface area (Å²) in [7, 11) is 1.64. The molecule has 3 N–H and O–H groups in total. The third-order valence-electron chi connectivity index (χ3n) is 4.69. The molecule has 1 heterocycles. The second-order valence-corrected chi connectivity index (χ2v) is 6.27. The van der Waals surface area contributed by atoms with Gasteiger partial charge >= 0.3 is 0 Å². The maximum Gasteiger partial charge on any atom is 0.226 e. The van der Waals surface area contributed by atoms with E-state index in [4.69, 9.17) is 4.74 Å². The quantitative estimate of drug-likeness (QED) is 0.756. The molecule has 5 heteroatoms. The van der Waals surface area contributed by atoms with E-state index < -0.39 is 0 Å². The Morgan fingerprint density at radius 2 is 1.80 bits per heavy atom. The largest absolute Gasteiger partial charge is 0.497 e. The Balaban J connectivity index is 1.61. The minimum atomic E-state index is -0.134. The molecular weight excluding hydrogens is 314 g/mol. The van der Waals surface area contributed by atoms with Gasteiger partial charge in [0.2, 0.25) is 5.91 Å². The molecule has 0 spiro atoms. The Labute approximate surface area is 148 Å². The summed E-state index contributed by atoms with van der Waals surface area (Å²) < 4.78 is 5.15. The maximum atomic E-state index is 12.6. The van der Waals surface area contributed by atoms with Crippen molar-refractivity contribution >= 4 is 5.91 Å². The SMILES string of the molecule is CCc1ccc(C2NNCC2C(=O)NCc2ccc(OC)cc2)cc1. The lowest BCUT2D eigenvalue weighted by Crippen LogP contribution is -2.34. The minimum absolute atomic E-state index is 0.0122. The van der Waals surface area contributed by atoms with Crippen molar-refractivity contribution in [3.63, 3.8) is 0 Å². The van der Waals surface area contributed by atoms with Crippen molar-refractivity contribution in [2.75, 3.05) is 13.7 Å². The Morgan fingerprint density at radius 3 is 2.44 bits per heavy atom. The van der Waals surface area contributed by atoms with Gasteiger partial charge in [0.1, 0.15) is 5.75 Å². The van der Waals surface area contributed by atoms with Gasteiger partial charge in [-0.2, -0.15) is 0 Å². The van der Waals surface area contributed by atoms with E-state index in [0.717, 1.165) is 23.3 Å². The number of ether oxygens (including phenoxy) is 1. The van der Waals surface area contributed by atoms with Gasteiger partial charge < -0.3 is 10.1 Å². The molecule has 0 bridgehead atoms. The lowest BCUT2D eigenvalue weighted by molar-refractivity contribution is -0.125. The number of rotatable bonds is 6. The highest BCUT2D eigenvalue weighted by molar-refractivity contribution is 5.80. The zero-order valence-electron chi connectivity index (χ0n) is 14.7. The van der Waals surface area contributed by atoms with E-state index in [2.05, 4.69) is 47.4 Å². The van der Waals surface area contributed by atoms with Crippen molar-refractivity contribution < 1.29 is 9.53 Å². The number of amides is 1. The molecule has 1 saturated heterocycles. The van der Waals surface area contributed by atoms with Crippen molar-refractivity contribution in [2.24, 2.45) is 5.92 Å². The number of hydrazine groups is 1. The average Bonchev–Trinajstić information content (AvgIpc) is 3.16. The highest BCUT2D eigenvalue weighted by Gasteiger charge is 2.33. The zero-order chi connectivity index (χ0) is 17.6. The first kappa shape index (κ1) is 17.5. The summed E-state index contributed by atoms with van der Waals surface area (Å²) in [6.07, 6.45) is 1.02. The fraction of sp³-hybridized carbons (Fsp3) is 0.350.